The van der Waals surface area contributed by atoms with Gasteiger partial charge in [-0.1, -0.05) is 26.2 Å². The molecule has 1 saturated heterocycles. The maximum Gasteiger partial charge on any atom is 0.245 e. The van der Waals surface area contributed by atoms with Gasteiger partial charge in [-0.3, -0.25) is 14.4 Å². The minimum absolute atomic E-state index is 0.0907. The van der Waals surface area contributed by atoms with Crippen LogP contribution in [0.5, 0.6) is 0 Å². The summed E-state index contributed by atoms with van der Waals surface area (Å²) in [6, 6.07) is -0.280. The monoisotopic (exact) mass is 323 g/mol. The van der Waals surface area contributed by atoms with Crippen molar-refractivity contribution in [3.05, 3.63) is 0 Å². The molecular weight excluding hydrogens is 294 g/mol. The molecule has 2 atom stereocenters. The third kappa shape index (κ3) is 3.85. The Morgan fingerprint density at radius 2 is 1.91 bits per heavy atom. The molecule has 0 aromatic carbocycles. The first kappa shape index (κ1) is 17.8. The van der Waals surface area contributed by atoms with Crippen LogP contribution in [0, 0.1) is 0 Å². The van der Waals surface area contributed by atoms with E-state index in [1.165, 1.54) is 11.3 Å². The highest BCUT2D eigenvalue weighted by Crippen LogP contribution is 2.23. The summed E-state index contributed by atoms with van der Waals surface area (Å²) < 4.78 is 0. The summed E-state index contributed by atoms with van der Waals surface area (Å²) in [5.41, 5.74) is -0.887. The number of likely N-dealkylation sites (N-methyl/N-ethyl adjacent to an activating group) is 1. The number of hydrogen-bond acceptors (Lipinski definition) is 3. The van der Waals surface area contributed by atoms with E-state index in [4.69, 9.17) is 0 Å². The average Bonchev–Trinajstić information content (AvgIpc) is 3.00. The van der Waals surface area contributed by atoms with E-state index in [2.05, 4.69) is 10.6 Å². The molecule has 1 saturated carbocycles. The van der Waals surface area contributed by atoms with Gasteiger partial charge in [-0.15, -0.1) is 0 Å². The Balaban J connectivity index is 2.03. The molecule has 0 aromatic rings. The number of hydrogen-bond donors (Lipinski definition) is 2. The van der Waals surface area contributed by atoms with Crippen molar-refractivity contribution in [1.29, 1.82) is 0 Å². The van der Waals surface area contributed by atoms with Crippen LogP contribution >= 0.6 is 0 Å². The van der Waals surface area contributed by atoms with Crippen molar-refractivity contribution >= 4 is 17.7 Å². The molecule has 0 aromatic heterocycles. The SMILES string of the molecule is CC[C@](C)(C(=O)NC1CCCCC1)N(C)C(=O)[C@@H]1CCC(=O)N1. The summed E-state index contributed by atoms with van der Waals surface area (Å²) in [7, 11) is 1.66. The van der Waals surface area contributed by atoms with E-state index in [1.807, 2.05) is 6.92 Å². The highest BCUT2D eigenvalue weighted by molar-refractivity contribution is 5.95. The van der Waals surface area contributed by atoms with E-state index >= 15 is 0 Å². The van der Waals surface area contributed by atoms with E-state index in [9.17, 15) is 14.4 Å². The van der Waals surface area contributed by atoms with Crippen molar-refractivity contribution in [2.45, 2.75) is 82.8 Å². The Kier molecular flexibility index (Phi) is 5.65. The molecule has 2 fully saturated rings. The second-order valence-electron chi connectivity index (χ2n) is 6.99. The lowest BCUT2D eigenvalue weighted by Gasteiger charge is -2.39. The van der Waals surface area contributed by atoms with Crippen LogP contribution in [0.4, 0.5) is 0 Å². The molecule has 6 nitrogen and oxygen atoms in total. The van der Waals surface area contributed by atoms with Crippen molar-refractivity contribution in [2.24, 2.45) is 0 Å². The van der Waals surface area contributed by atoms with Gasteiger partial charge < -0.3 is 15.5 Å². The van der Waals surface area contributed by atoms with Gasteiger partial charge in [0.1, 0.15) is 11.6 Å². The Hall–Kier alpha value is -1.59. The second kappa shape index (κ2) is 7.32. The lowest BCUT2D eigenvalue weighted by atomic mass is 9.91. The lowest BCUT2D eigenvalue weighted by Crippen LogP contribution is -2.61. The Labute approximate surface area is 138 Å². The van der Waals surface area contributed by atoms with Crippen LogP contribution in [0.25, 0.3) is 0 Å². The van der Waals surface area contributed by atoms with Crippen LogP contribution in [0.15, 0.2) is 0 Å². The fourth-order valence-electron chi connectivity index (χ4n) is 3.41. The zero-order valence-corrected chi connectivity index (χ0v) is 14.5. The topological polar surface area (TPSA) is 78.5 Å². The molecule has 130 valence electrons. The number of nitrogens with zero attached hydrogens (tertiary/aromatic N) is 1. The van der Waals surface area contributed by atoms with Gasteiger partial charge in [0.05, 0.1) is 0 Å². The molecule has 1 aliphatic carbocycles. The van der Waals surface area contributed by atoms with Crippen LogP contribution in [0.2, 0.25) is 0 Å². The standard InChI is InChI=1S/C17H29N3O3/c1-4-17(2,16(23)18-12-8-6-5-7-9-12)20(3)15(22)13-10-11-14(21)19-13/h12-13H,4-11H2,1-3H3,(H,18,23)(H,19,21)/t13-,17+/m0/s1. The van der Waals surface area contributed by atoms with Crippen molar-refractivity contribution in [2.75, 3.05) is 7.05 Å². The molecule has 1 aliphatic heterocycles. The molecule has 3 amide bonds. The molecular formula is C17H29N3O3. The van der Waals surface area contributed by atoms with E-state index in [1.54, 1.807) is 14.0 Å². The van der Waals surface area contributed by atoms with Gasteiger partial charge in [0.15, 0.2) is 0 Å². The molecule has 2 N–H and O–H groups in total. The van der Waals surface area contributed by atoms with Crippen LogP contribution in [-0.4, -0.2) is 47.3 Å². The number of carbonyl (C=O) groups is 3. The van der Waals surface area contributed by atoms with Crippen LogP contribution in [-0.2, 0) is 14.4 Å². The van der Waals surface area contributed by atoms with Gasteiger partial charge in [0.2, 0.25) is 17.7 Å². The molecule has 1 heterocycles. The molecule has 6 heteroatoms. The largest absolute Gasteiger partial charge is 0.351 e. The molecule has 0 spiro atoms. The van der Waals surface area contributed by atoms with E-state index in [-0.39, 0.29) is 23.8 Å². The highest BCUT2D eigenvalue weighted by atomic mass is 16.2. The summed E-state index contributed by atoms with van der Waals surface area (Å²) in [5, 5.41) is 5.81. The van der Waals surface area contributed by atoms with Gasteiger partial charge in [-0.25, -0.2) is 0 Å². The van der Waals surface area contributed by atoms with Crippen molar-refractivity contribution in [1.82, 2.24) is 15.5 Å². The lowest BCUT2D eigenvalue weighted by molar-refractivity contribution is -0.147. The molecule has 23 heavy (non-hydrogen) atoms. The Bertz CT molecular complexity index is 474. The first-order chi connectivity index (χ1) is 10.9. The van der Waals surface area contributed by atoms with Crippen molar-refractivity contribution in [3.63, 3.8) is 0 Å². The smallest absolute Gasteiger partial charge is 0.245 e. The molecule has 2 aliphatic rings. The Morgan fingerprint density at radius 3 is 2.43 bits per heavy atom. The third-order valence-corrected chi connectivity index (χ3v) is 5.48. The molecule has 0 radical (unpaired) electrons. The van der Waals surface area contributed by atoms with Crippen molar-refractivity contribution < 1.29 is 14.4 Å². The summed E-state index contributed by atoms with van der Waals surface area (Å²) in [4.78, 5) is 38.3. The van der Waals surface area contributed by atoms with Gasteiger partial charge in [-0.05, 0) is 32.6 Å². The quantitative estimate of drug-likeness (QED) is 0.801. The summed E-state index contributed by atoms with van der Waals surface area (Å²) in [6.07, 6.45) is 6.98. The van der Waals surface area contributed by atoms with Crippen LogP contribution < -0.4 is 10.6 Å². The predicted molar refractivity (Wildman–Crippen MR) is 87.6 cm³/mol. The highest BCUT2D eigenvalue weighted by Gasteiger charge is 2.42. The molecule has 0 bridgehead atoms. The van der Waals surface area contributed by atoms with Gasteiger partial charge in [0, 0.05) is 19.5 Å². The molecule has 0 unspecified atom stereocenters. The number of rotatable bonds is 5. The first-order valence-electron chi connectivity index (χ1n) is 8.76. The van der Waals surface area contributed by atoms with E-state index < -0.39 is 11.6 Å². The minimum atomic E-state index is -0.887. The maximum atomic E-state index is 12.8. The third-order valence-electron chi connectivity index (χ3n) is 5.48. The predicted octanol–water partition coefficient (Wildman–Crippen LogP) is 1.34. The number of amides is 3. The van der Waals surface area contributed by atoms with Gasteiger partial charge in [-0.2, -0.15) is 0 Å². The van der Waals surface area contributed by atoms with Gasteiger partial charge in [0.25, 0.3) is 0 Å². The van der Waals surface area contributed by atoms with E-state index in [0.29, 0.717) is 19.3 Å². The minimum Gasteiger partial charge on any atom is -0.351 e. The summed E-state index contributed by atoms with van der Waals surface area (Å²) in [6.45, 7) is 3.72. The maximum absolute atomic E-state index is 12.8. The van der Waals surface area contributed by atoms with Crippen molar-refractivity contribution in [3.8, 4) is 0 Å². The fraction of sp³-hybridized carbons (Fsp3) is 0.824. The van der Waals surface area contributed by atoms with Crippen LogP contribution in [0.1, 0.15) is 65.2 Å². The normalized spacial score (nSPS) is 24.7. The zero-order chi connectivity index (χ0) is 17.0. The second-order valence-corrected chi connectivity index (χ2v) is 6.99. The fourth-order valence-corrected chi connectivity index (χ4v) is 3.41. The van der Waals surface area contributed by atoms with Crippen LogP contribution in [0.3, 0.4) is 0 Å². The first-order valence-corrected chi connectivity index (χ1v) is 8.76. The number of carbonyl (C=O) groups excluding carboxylic acids is 3. The number of nitrogens with one attached hydrogen (secondary N) is 2. The Morgan fingerprint density at radius 1 is 1.26 bits per heavy atom. The summed E-state index contributed by atoms with van der Waals surface area (Å²) >= 11 is 0. The summed E-state index contributed by atoms with van der Waals surface area (Å²) in [5.74, 6) is -0.368. The molecule has 2 rings (SSSR count). The average molecular weight is 323 g/mol. The zero-order valence-electron chi connectivity index (χ0n) is 14.5. The van der Waals surface area contributed by atoms with E-state index in [0.717, 1.165) is 25.7 Å². The van der Waals surface area contributed by atoms with Gasteiger partial charge >= 0.3 is 0 Å².